The van der Waals surface area contributed by atoms with E-state index < -0.39 is 51.1 Å². The molecule has 0 bridgehead atoms. The van der Waals surface area contributed by atoms with Crippen LogP contribution >= 0.6 is 7.82 Å². The number of phosphoric acid groups is 1. The molecule has 0 spiro atoms. The highest BCUT2D eigenvalue weighted by atomic mass is 31.2. The van der Waals surface area contributed by atoms with E-state index in [1.165, 1.54) is 96.3 Å². The topological polar surface area (TPSA) is 172 Å². The van der Waals surface area contributed by atoms with Crippen molar-refractivity contribution >= 4 is 25.7 Å². The molecule has 4 N–H and O–H groups in total. The monoisotopic (exact) mass is 786 g/mol. The van der Waals surface area contributed by atoms with Crippen LogP contribution in [0.15, 0.2) is 36.5 Å². The fourth-order valence-electron chi connectivity index (χ4n) is 5.50. The van der Waals surface area contributed by atoms with Gasteiger partial charge < -0.3 is 25.2 Å². The Labute approximate surface area is 327 Å². The standard InChI is InChI=1S/C42H76NO10P/c1-3-5-7-9-11-13-15-17-19-21-23-25-27-29-31-33-40(44)50-35-38(36-51-54(48,49)52-37-39(43)42(46)47)53-41(45)34-32-30-28-26-24-22-20-18-16-14-12-10-8-6-4-2/h18,20,23-26,38-39H,3-17,19,21-22,27-37,43H2,1-2H3,(H,46,47)(H,48,49)/b20-18+,25-23+,26-24+/t38-,39+/m1/s1. The number of phosphoric ester groups is 1. The van der Waals surface area contributed by atoms with Crippen molar-refractivity contribution in [1.82, 2.24) is 0 Å². The zero-order valence-corrected chi connectivity index (χ0v) is 34.7. The van der Waals surface area contributed by atoms with E-state index in [2.05, 4.69) is 54.8 Å². The van der Waals surface area contributed by atoms with E-state index in [1.54, 1.807) is 0 Å². The Bertz CT molecular complexity index is 1060. The van der Waals surface area contributed by atoms with Crippen LogP contribution in [-0.2, 0) is 37.5 Å². The molecule has 0 aliphatic rings. The third-order valence-corrected chi connectivity index (χ3v) is 9.81. The molecule has 0 saturated carbocycles. The predicted molar refractivity (Wildman–Crippen MR) is 217 cm³/mol. The number of rotatable bonds is 39. The molecule has 3 atom stereocenters. The first-order valence-electron chi connectivity index (χ1n) is 21.0. The summed E-state index contributed by atoms with van der Waals surface area (Å²) in [5, 5.41) is 8.87. The number of hydrogen-bond acceptors (Lipinski definition) is 9. The van der Waals surface area contributed by atoms with Crippen LogP contribution in [0.5, 0.6) is 0 Å². The van der Waals surface area contributed by atoms with Crippen LogP contribution in [0.3, 0.4) is 0 Å². The number of hydrogen-bond donors (Lipinski definition) is 3. The summed E-state index contributed by atoms with van der Waals surface area (Å²) in [7, 11) is -4.72. The molecule has 0 aliphatic carbocycles. The minimum atomic E-state index is -4.72. The van der Waals surface area contributed by atoms with E-state index in [9.17, 15) is 23.8 Å². The normalized spacial score (nSPS) is 14.1. The molecule has 0 fully saturated rings. The number of carboxylic acid groups (broad SMARTS) is 1. The number of ether oxygens (including phenoxy) is 2. The first kappa shape index (κ1) is 51.7. The average Bonchev–Trinajstić information content (AvgIpc) is 3.14. The Morgan fingerprint density at radius 3 is 1.46 bits per heavy atom. The number of nitrogens with two attached hydrogens (primary N) is 1. The highest BCUT2D eigenvalue weighted by molar-refractivity contribution is 7.47. The third kappa shape index (κ3) is 36.7. The molecule has 11 nitrogen and oxygen atoms in total. The Balaban J connectivity index is 4.47. The molecule has 1 unspecified atom stereocenters. The molecule has 314 valence electrons. The van der Waals surface area contributed by atoms with Gasteiger partial charge in [-0.2, -0.15) is 0 Å². The number of esters is 2. The van der Waals surface area contributed by atoms with Crippen LogP contribution in [0.25, 0.3) is 0 Å². The summed E-state index contributed by atoms with van der Waals surface area (Å²) in [6.07, 6.45) is 39.3. The van der Waals surface area contributed by atoms with Crippen molar-refractivity contribution in [1.29, 1.82) is 0 Å². The Morgan fingerprint density at radius 2 is 0.981 bits per heavy atom. The van der Waals surface area contributed by atoms with Gasteiger partial charge in [0.15, 0.2) is 6.10 Å². The molecule has 0 aliphatic heterocycles. The number of carboxylic acids is 1. The van der Waals surface area contributed by atoms with Crippen molar-refractivity contribution in [3.05, 3.63) is 36.5 Å². The van der Waals surface area contributed by atoms with E-state index in [1.807, 2.05) is 0 Å². The molecule has 0 rings (SSSR count). The van der Waals surface area contributed by atoms with Gasteiger partial charge in [-0.15, -0.1) is 0 Å². The highest BCUT2D eigenvalue weighted by Gasteiger charge is 2.28. The fraction of sp³-hybridized carbons (Fsp3) is 0.786. The summed E-state index contributed by atoms with van der Waals surface area (Å²) in [5.74, 6) is -2.45. The highest BCUT2D eigenvalue weighted by Crippen LogP contribution is 2.43. The molecular weight excluding hydrogens is 709 g/mol. The van der Waals surface area contributed by atoms with Crippen LogP contribution in [0.4, 0.5) is 0 Å². The molecule has 0 amide bonds. The van der Waals surface area contributed by atoms with Crippen LogP contribution in [0, 0.1) is 0 Å². The van der Waals surface area contributed by atoms with E-state index in [0.29, 0.717) is 12.8 Å². The third-order valence-electron chi connectivity index (χ3n) is 8.86. The summed E-state index contributed by atoms with van der Waals surface area (Å²) in [6.45, 7) is 2.73. The SMILES string of the molecule is CCCCCCCC/C=C/C/C=C/CCCCC(=O)O[C@H](COC(=O)CCCC/C=C/CCCCCCCCCCC)COP(=O)(O)OC[C@H](N)C(=O)O. The van der Waals surface area contributed by atoms with Gasteiger partial charge in [0.1, 0.15) is 12.6 Å². The van der Waals surface area contributed by atoms with Crippen LogP contribution in [0.1, 0.15) is 181 Å². The maximum Gasteiger partial charge on any atom is 0.472 e. The van der Waals surface area contributed by atoms with E-state index in [0.717, 1.165) is 44.9 Å². The molecule has 0 saturated heterocycles. The number of aliphatic carboxylic acids is 1. The number of carbonyl (C=O) groups excluding carboxylic acids is 2. The number of carbonyl (C=O) groups is 3. The molecule has 0 aromatic carbocycles. The first-order chi connectivity index (χ1) is 26.1. The zero-order chi connectivity index (χ0) is 40.0. The lowest BCUT2D eigenvalue weighted by Crippen LogP contribution is -2.34. The fourth-order valence-corrected chi connectivity index (χ4v) is 6.28. The lowest BCUT2D eigenvalue weighted by Gasteiger charge is -2.20. The molecule has 0 heterocycles. The van der Waals surface area contributed by atoms with E-state index in [4.69, 9.17) is 24.8 Å². The average molecular weight is 786 g/mol. The lowest BCUT2D eigenvalue weighted by molar-refractivity contribution is -0.161. The van der Waals surface area contributed by atoms with Crippen molar-refractivity contribution < 1.29 is 47.5 Å². The van der Waals surface area contributed by atoms with Crippen molar-refractivity contribution in [3.8, 4) is 0 Å². The second-order valence-electron chi connectivity index (χ2n) is 14.1. The minimum absolute atomic E-state index is 0.115. The maximum absolute atomic E-state index is 12.6. The smallest absolute Gasteiger partial charge is 0.472 e. The van der Waals surface area contributed by atoms with Crippen molar-refractivity contribution in [2.24, 2.45) is 5.73 Å². The predicted octanol–water partition coefficient (Wildman–Crippen LogP) is 10.8. The quantitative estimate of drug-likeness (QED) is 0.0234. The second-order valence-corrected chi connectivity index (χ2v) is 15.6. The summed E-state index contributed by atoms with van der Waals surface area (Å²) >= 11 is 0. The van der Waals surface area contributed by atoms with Gasteiger partial charge in [0.2, 0.25) is 0 Å². The second kappa shape index (κ2) is 37.6. The number of allylic oxidation sites excluding steroid dienone is 6. The minimum Gasteiger partial charge on any atom is -0.480 e. The molecule has 0 radical (unpaired) electrons. The van der Waals surface area contributed by atoms with Gasteiger partial charge in [0.25, 0.3) is 0 Å². The summed E-state index contributed by atoms with van der Waals surface area (Å²) in [4.78, 5) is 45.8. The summed E-state index contributed by atoms with van der Waals surface area (Å²) in [5.41, 5.74) is 5.32. The number of unbranched alkanes of at least 4 members (excludes halogenated alkanes) is 19. The van der Waals surface area contributed by atoms with Crippen LogP contribution in [-0.4, -0.2) is 59.9 Å². The van der Waals surface area contributed by atoms with Gasteiger partial charge >= 0.3 is 25.7 Å². The Hall–Kier alpha value is -2.30. The van der Waals surface area contributed by atoms with Gasteiger partial charge in [0.05, 0.1) is 13.2 Å². The van der Waals surface area contributed by atoms with Gasteiger partial charge in [-0.05, 0) is 70.6 Å². The molecule has 54 heavy (non-hydrogen) atoms. The molecule has 0 aromatic rings. The van der Waals surface area contributed by atoms with Crippen molar-refractivity contribution in [2.75, 3.05) is 19.8 Å². The van der Waals surface area contributed by atoms with E-state index >= 15 is 0 Å². The summed E-state index contributed by atoms with van der Waals surface area (Å²) < 4.78 is 32.6. The molecule has 12 heteroatoms. The Morgan fingerprint density at radius 1 is 0.574 bits per heavy atom. The van der Waals surface area contributed by atoms with Crippen molar-refractivity contribution in [3.63, 3.8) is 0 Å². The zero-order valence-electron chi connectivity index (χ0n) is 33.8. The maximum atomic E-state index is 12.6. The largest absolute Gasteiger partial charge is 0.480 e. The van der Waals surface area contributed by atoms with Gasteiger partial charge in [0, 0.05) is 12.8 Å². The van der Waals surface area contributed by atoms with Gasteiger partial charge in [-0.3, -0.25) is 23.4 Å². The van der Waals surface area contributed by atoms with Gasteiger partial charge in [-0.1, -0.05) is 134 Å². The van der Waals surface area contributed by atoms with Gasteiger partial charge in [-0.25, -0.2) is 4.57 Å². The van der Waals surface area contributed by atoms with Crippen LogP contribution < -0.4 is 5.73 Å². The van der Waals surface area contributed by atoms with E-state index in [-0.39, 0.29) is 19.4 Å². The Kier molecular flexibility index (Phi) is 36.0. The summed E-state index contributed by atoms with van der Waals surface area (Å²) in [6, 6.07) is -1.53. The molecule has 0 aromatic heterocycles. The van der Waals surface area contributed by atoms with Crippen molar-refractivity contribution in [2.45, 2.75) is 193 Å². The molecular formula is C42H76NO10P. The van der Waals surface area contributed by atoms with Crippen LogP contribution in [0.2, 0.25) is 0 Å². The lowest BCUT2D eigenvalue weighted by atomic mass is 10.1. The first-order valence-corrected chi connectivity index (χ1v) is 22.5.